The highest BCUT2D eigenvalue weighted by atomic mass is 35.5. The second-order valence-corrected chi connectivity index (χ2v) is 6.74. The summed E-state index contributed by atoms with van der Waals surface area (Å²) in [6.07, 6.45) is 0.0219. The molecule has 3 rings (SSSR count). The Labute approximate surface area is 168 Å². The SMILES string of the molecule is COc1ccc(C2=C(Cl)C(=O)N(c3ccc(OC(C)C)cc3)C2=O)cc1OC. The van der Waals surface area contributed by atoms with Crippen LogP contribution >= 0.6 is 11.6 Å². The third-order valence-corrected chi connectivity index (χ3v) is 4.52. The number of rotatable bonds is 6. The van der Waals surface area contributed by atoms with E-state index in [1.54, 1.807) is 42.5 Å². The van der Waals surface area contributed by atoms with Gasteiger partial charge in [-0.1, -0.05) is 17.7 Å². The molecule has 0 bridgehead atoms. The molecule has 0 fully saturated rings. The molecule has 0 saturated heterocycles. The molecule has 1 aliphatic heterocycles. The Morgan fingerprint density at radius 2 is 1.54 bits per heavy atom. The molecular weight excluding hydrogens is 382 g/mol. The number of hydrogen-bond acceptors (Lipinski definition) is 5. The number of ether oxygens (including phenoxy) is 3. The quantitative estimate of drug-likeness (QED) is 0.684. The molecule has 28 heavy (non-hydrogen) atoms. The topological polar surface area (TPSA) is 65.1 Å². The van der Waals surface area contributed by atoms with Crippen molar-refractivity contribution in [1.29, 1.82) is 0 Å². The Kier molecular flexibility index (Phi) is 5.61. The summed E-state index contributed by atoms with van der Waals surface area (Å²) in [7, 11) is 3.01. The smallest absolute Gasteiger partial charge is 0.277 e. The molecule has 0 unspecified atom stereocenters. The van der Waals surface area contributed by atoms with Crippen LogP contribution in [0.3, 0.4) is 0 Å². The van der Waals surface area contributed by atoms with Crippen LogP contribution in [-0.4, -0.2) is 32.1 Å². The summed E-state index contributed by atoms with van der Waals surface area (Å²) in [5, 5.41) is -0.139. The van der Waals surface area contributed by atoms with Crippen molar-refractivity contribution in [2.45, 2.75) is 20.0 Å². The first kappa shape index (κ1) is 19.8. The van der Waals surface area contributed by atoms with Gasteiger partial charge in [-0.05, 0) is 55.8 Å². The van der Waals surface area contributed by atoms with Crippen LogP contribution in [0.2, 0.25) is 0 Å². The fourth-order valence-electron chi connectivity index (χ4n) is 2.93. The number of carbonyl (C=O) groups is 2. The number of halogens is 1. The molecule has 0 aliphatic carbocycles. The van der Waals surface area contributed by atoms with Gasteiger partial charge in [-0.3, -0.25) is 9.59 Å². The van der Waals surface area contributed by atoms with Gasteiger partial charge in [-0.15, -0.1) is 0 Å². The zero-order chi connectivity index (χ0) is 20.4. The first-order valence-corrected chi connectivity index (χ1v) is 9.02. The van der Waals surface area contributed by atoms with Crippen molar-refractivity contribution in [1.82, 2.24) is 0 Å². The Balaban J connectivity index is 1.94. The van der Waals surface area contributed by atoms with Crippen molar-refractivity contribution in [3.8, 4) is 17.2 Å². The van der Waals surface area contributed by atoms with Gasteiger partial charge in [-0.25, -0.2) is 4.90 Å². The molecule has 1 aliphatic rings. The van der Waals surface area contributed by atoms with Gasteiger partial charge in [0.2, 0.25) is 0 Å². The van der Waals surface area contributed by atoms with Crippen LogP contribution < -0.4 is 19.1 Å². The van der Waals surface area contributed by atoms with Crippen molar-refractivity contribution < 1.29 is 23.8 Å². The molecule has 2 aromatic rings. The summed E-state index contributed by atoms with van der Waals surface area (Å²) in [5.74, 6) is 0.522. The summed E-state index contributed by atoms with van der Waals surface area (Å²) < 4.78 is 16.1. The first-order chi connectivity index (χ1) is 13.4. The lowest BCUT2D eigenvalue weighted by molar-refractivity contribution is -0.119. The molecule has 6 nitrogen and oxygen atoms in total. The van der Waals surface area contributed by atoms with E-state index in [2.05, 4.69) is 0 Å². The summed E-state index contributed by atoms with van der Waals surface area (Å²) in [6.45, 7) is 3.83. The van der Waals surface area contributed by atoms with E-state index in [4.69, 9.17) is 25.8 Å². The van der Waals surface area contributed by atoms with Crippen LogP contribution in [0.5, 0.6) is 17.2 Å². The summed E-state index contributed by atoms with van der Waals surface area (Å²) >= 11 is 6.24. The zero-order valence-corrected chi connectivity index (χ0v) is 16.7. The van der Waals surface area contributed by atoms with Gasteiger partial charge in [0.05, 0.1) is 31.6 Å². The fourth-order valence-corrected chi connectivity index (χ4v) is 3.20. The van der Waals surface area contributed by atoms with E-state index >= 15 is 0 Å². The number of carbonyl (C=O) groups excluding carboxylic acids is 2. The summed E-state index contributed by atoms with van der Waals surface area (Å²) in [4.78, 5) is 26.7. The van der Waals surface area contributed by atoms with E-state index in [1.807, 2.05) is 13.8 Å². The molecule has 2 aromatic carbocycles. The van der Waals surface area contributed by atoms with Gasteiger partial charge in [0, 0.05) is 0 Å². The fraction of sp³-hybridized carbons (Fsp3) is 0.238. The zero-order valence-electron chi connectivity index (χ0n) is 16.0. The van der Waals surface area contributed by atoms with Gasteiger partial charge in [-0.2, -0.15) is 0 Å². The lowest BCUT2D eigenvalue weighted by Crippen LogP contribution is -2.31. The molecular formula is C21H20ClNO5. The van der Waals surface area contributed by atoms with Crippen LogP contribution in [0.25, 0.3) is 5.57 Å². The number of hydrogen-bond donors (Lipinski definition) is 0. The van der Waals surface area contributed by atoms with Gasteiger partial charge in [0.15, 0.2) is 11.5 Å². The number of amides is 2. The Morgan fingerprint density at radius 3 is 2.11 bits per heavy atom. The maximum absolute atomic E-state index is 13.0. The minimum absolute atomic E-state index is 0.0219. The molecule has 0 saturated carbocycles. The van der Waals surface area contributed by atoms with E-state index in [0.29, 0.717) is 28.5 Å². The number of imide groups is 1. The summed E-state index contributed by atoms with van der Waals surface area (Å²) in [5.41, 5.74) is 1.01. The first-order valence-electron chi connectivity index (χ1n) is 8.65. The molecule has 1 heterocycles. The highest BCUT2D eigenvalue weighted by Crippen LogP contribution is 2.38. The molecule has 0 radical (unpaired) electrons. The van der Waals surface area contributed by atoms with Gasteiger partial charge in [0.25, 0.3) is 11.8 Å². The highest BCUT2D eigenvalue weighted by molar-refractivity contribution is 6.60. The average molecular weight is 402 g/mol. The van der Waals surface area contributed by atoms with Crippen LogP contribution in [-0.2, 0) is 9.59 Å². The van der Waals surface area contributed by atoms with Crippen molar-refractivity contribution in [3.05, 3.63) is 53.1 Å². The molecule has 146 valence electrons. The Morgan fingerprint density at radius 1 is 0.893 bits per heavy atom. The minimum atomic E-state index is -0.575. The molecule has 2 amide bonds. The van der Waals surface area contributed by atoms with E-state index in [9.17, 15) is 9.59 Å². The van der Waals surface area contributed by atoms with E-state index in [1.165, 1.54) is 14.2 Å². The van der Waals surface area contributed by atoms with Crippen molar-refractivity contribution in [2.75, 3.05) is 19.1 Å². The van der Waals surface area contributed by atoms with Crippen molar-refractivity contribution in [2.24, 2.45) is 0 Å². The van der Waals surface area contributed by atoms with Gasteiger partial charge in [0.1, 0.15) is 10.8 Å². The predicted octanol–water partition coefficient (Wildman–Crippen LogP) is 4.01. The van der Waals surface area contributed by atoms with E-state index < -0.39 is 11.8 Å². The van der Waals surface area contributed by atoms with Crippen LogP contribution in [0.4, 0.5) is 5.69 Å². The largest absolute Gasteiger partial charge is 0.493 e. The normalized spacial score (nSPS) is 14.1. The van der Waals surface area contributed by atoms with Gasteiger partial charge < -0.3 is 14.2 Å². The van der Waals surface area contributed by atoms with Crippen molar-refractivity contribution in [3.63, 3.8) is 0 Å². The second kappa shape index (κ2) is 7.94. The van der Waals surface area contributed by atoms with Crippen LogP contribution in [0.15, 0.2) is 47.5 Å². The highest BCUT2D eigenvalue weighted by Gasteiger charge is 2.39. The molecule has 0 N–H and O–H groups in total. The maximum atomic E-state index is 13.0. The van der Waals surface area contributed by atoms with Crippen LogP contribution in [0, 0.1) is 0 Å². The summed E-state index contributed by atoms with van der Waals surface area (Å²) in [6, 6.07) is 11.6. The Bertz CT molecular complexity index is 950. The molecule has 7 heteroatoms. The predicted molar refractivity (Wildman–Crippen MR) is 107 cm³/mol. The van der Waals surface area contributed by atoms with E-state index in [0.717, 1.165) is 4.90 Å². The second-order valence-electron chi connectivity index (χ2n) is 6.36. The third kappa shape index (κ3) is 3.55. The van der Waals surface area contributed by atoms with Crippen molar-refractivity contribution >= 4 is 34.7 Å². The minimum Gasteiger partial charge on any atom is -0.493 e. The monoisotopic (exact) mass is 401 g/mol. The molecule has 0 spiro atoms. The lowest BCUT2D eigenvalue weighted by Gasteiger charge is -2.16. The lowest BCUT2D eigenvalue weighted by atomic mass is 10.1. The van der Waals surface area contributed by atoms with Crippen LogP contribution in [0.1, 0.15) is 19.4 Å². The standard InChI is InChI=1S/C21H20ClNO5/c1-12(2)28-15-8-6-14(7-9-15)23-20(24)18(19(22)21(23)25)13-5-10-16(26-3)17(11-13)27-4/h5-12H,1-4H3. The maximum Gasteiger partial charge on any atom is 0.277 e. The third-order valence-electron chi connectivity index (χ3n) is 4.17. The average Bonchev–Trinajstić information content (AvgIpc) is 2.90. The van der Waals surface area contributed by atoms with E-state index in [-0.39, 0.29) is 16.7 Å². The number of benzene rings is 2. The number of methoxy groups -OCH3 is 2. The molecule has 0 atom stereocenters. The molecule has 0 aromatic heterocycles. The number of anilines is 1. The number of nitrogens with zero attached hydrogens (tertiary/aromatic N) is 1. The Hall–Kier alpha value is -2.99. The van der Waals surface area contributed by atoms with Gasteiger partial charge >= 0.3 is 0 Å².